The molecule has 1 aliphatic rings. The van der Waals surface area contributed by atoms with E-state index in [-0.39, 0.29) is 16.7 Å². The number of aliphatic imine (C=N–C) groups is 1. The standard InChI is InChI=1S/C12H19BrN2OS/c1-8-10(6-14-7-11(8)13)9(2)15-17(16)12(3,4)5/h7-9,15H,1-5H3. The highest BCUT2D eigenvalue weighted by Crippen LogP contribution is 2.28. The van der Waals surface area contributed by atoms with Crippen molar-refractivity contribution in [2.45, 2.75) is 45.4 Å². The lowest BCUT2D eigenvalue weighted by Crippen LogP contribution is -2.40. The molecule has 5 heteroatoms. The number of rotatable bonds is 3. The number of allylic oxidation sites excluding steroid dienone is 1. The van der Waals surface area contributed by atoms with Crippen LogP contribution in [0.15, 0.2) is 21.2 Å². The lowest BCUT2D eigenvalue weighted by Gasteiger charge is -2.25. The molecule has 3 unspecified atom stereocenters. The summed E-state index contributed by atoms with van der Waals surface area (Å²) in [6.45, 7) is 9.92. The van der Waals surface area contributed by atoms with Crippen LogP contribution in [0, 0.1) is 5.92 Å². The molecule has 17 heavy (non-hydrogen) atoms. The molecule has 1 N–H and O–H groups in total. The van der Waals surface area contributed by atoms with E-state index in [0.29, 0.717) is 0 Å². The van der Waals surface area contributed by atoms with Crippen LogP contribution < -0.4 is 4.72 Å². The predicted octanol–water partition coefficient (Wildman–Crippen LogP) is 2.91. The molecule has 1 heterocycles. The first kappa shape index (κ1) is 14.8. The summed E-state index contributed by atoms with van der Waals surface area (Å²) < 4.78 is 15.9. The van der Waals surface area contributed by atoms with E-state index in [1.54, 1.807) is 6.20 Å². The lowest BCUT2D eigenvalue weighted by atomic mass is 9.96. The molecule has 0 bridgehead atoms. The van der Waals surface area contributed by atoms with Crippen LogP contribution >= 0.6 is 15.9 Å². The highest BCUT2D eigenvalue weighted by molar-refractivity contribution is 9.11. The smallest absolute Gasteiger partial charge is 0.0975 e. The van der Waals surface area contributed by atoms with E-state index in [0.717, 1.165) is 10.1 Å². The Labute approximate surface area is 114 Å². The van der Waals surface area contributed by atoms with Gasteiger partial charge in [0.1, 0.15) is 0 Å². The van der Waals surface area contributed by atoms with Gasteiger partial charge in [0.25, 0.3) is 0 Å². The minimum absolute atomic E-state index is 0.00458. The molecule has 0 fully saturated rings. The van der Waals surface area contributed by atoms with Gasteiger partial charge in [0, 0.05) is 28.2 Å². The summed E-state index contributed by atoms with van der Waals surface area (Å²) in [5.74, 6) is 3.22. The van der Waals surface area contributed by atoms with Gasteiger partial charge in [-0.3, -0.25) is 0 Å². The number of nitrogens with one attached hydrogen (secondary N) is 1. The zero-order valence-corrected chi connectivity index (χ0v) is 13.3. The van der Waals surface area contributed by atoms with Crippen LogP contribution in [-0.4, -0.2) is 20.9 Å². The van der Waals surface area contributed by atoms with Crippen LogP contribution in [-0.2, 0) is 11.0 Å². The summed E-state index contributed by atoms with van der Waals surface area (Å²) in [6.07, 6.45) is 1.75. The van der Waals surface area contributed by atoms with E-state index in [4.69, 9.17) is 0 Å². The molecule has 0 saturated carbocycles. The van der Waals surface area contributed by atoms with Crippen molar-refractivity contribution < 1.29 is 4.21 Å². The summed E-state index contributed by atoms with van der Waals surface area (Å²) in [7, 11) is -1.08. The van der Waals surface area contributed by atoms with Crippen molar-refractivity contribution in [3.63, 3.8) is 0 Å². The number of hydrogen-bond donors (Lipinski definition) is 1. The van der Waals surface area contributed by atoms with E-state index in [2.05, 4.69) is 38.4 Å². The van der Waals surface area contributed by atoms with E-state index in [1.807, 2.05) is 27.7 Å². The maximum absolute atomic E-state index is 12.0. The van der Waals surface area contributed by atoms with Gasteiger partial charge >= 0.3 is 0 Å². The second-order valence-electron chi connectivity index (χ2n) is 5.15. The van der Waals surface area contributed by atoms with Gasteiger partial charge in [0.05, 0.1) is 15.7 Å². The first-order chi connectivity index (χ1) is 7.73. The molecule has 1 rings (SSSR count). The molecule has 0 aromatic rings. The number of nitrogens with zero attached hydrogens (tertiary/aromatic N) is 1. The summed E-state index contributed by atoms with van der Waals surface area (Å²) in [5.41, 5.74) is 1.02. The molecular weight excluding hydrogens is 300 g/mol. The zero-order chi connectivity index (χ0) is 13.2. The molecule has 3 nitrogen and oxygen atoms in total. The molecule has 0 aliphatic carbocycles. The SMILES string of the molecule is CC(NS(=O)C(C)(C)C)C1=C=NC=C(Br)C1C. The quantitative estimate of drug-likeness (QED) is 0.854. The third-order valence-corrected chi connectivity index (χ3v) is 5.14. The maximum atomic E-state index is 12.0. The Kier molecular flexibility index (Phi) is 4.90. The van der Waals surface area contributed by atoms with E-state index >= 15 is 0 Å². The molecule has 3 atom stereocenters. The molecule has 0 aromatic carbocycles. The fourth-order valence-corrected chi connectivity index (χ4v) is 2.55. The Morgan fingerprint density at radius 2 is 2.18 bits per heavy atom. The van der Waals surface area contributed by atoms with Crippen molar-refractivity contribution in [3.8, 4) is 0 Å². The third-order valence-electron chi connectivity index (χ3n) is 2.57. The van der Waals surface area contributed by atoms with Gasteiger partial charge < -0.3 is 0 Å². The predicted molar refractivity (Wildman–Crippen MR) is 77.6 cm³/mol. The molecule has 0 radical (unpaired) electrons. The molecule has 0 spiro atoms. The molecule has 0 saturated heterocycles. The second kappa shape index (κ2) is 5.61. The van der Waals surface area contributed by atoms with Crippen molar-refractivity contribution in [2.24, 2.45) is 10.9 Å². The first-order valence-corrected chi connectivity index (χ1v) is 7.54. The average Bonchev–Trinajstić information content (AvgIpc) is 2.20. The van der Waals surface area contributed by atoms with Crippen LogP contribution in [0.2, 0.25) is 0 Å². The summed E-state index contributed by atoms with van der Waals surface area (Å²) in [4.78, 5) is 4.05. The van der Waals surface area contributed by atoms with Crippen LogP contribution in [0.25, 0.3) is 0 Å². The normalized spacial score (nSPS) is 24.0. The first-order valence-electron chi connectivity index (χ1n) is 5.59. The maximum Gasteiger partial charge on any atom is 0.0975 e. The Balaban J connectivity index is 2.77. The van der Waals surface area contributed by atoms with Gasteiger partial charge in [-0.15, -0.1) is 0 Å². The molecular formula is C12H19BrN2OS. The molecule has 0 aromatic heterocycles. The van der Waals surface area contributed by atoms with Gasteiger partial charge in [-0.1, -0.05) is 22.9 Å². The second-order valence-corrected chi connectivity index (χ2v) is 8.07. The van der Waals surface area contributed by atoms with Crippen LogP contribution in [0.3, 0.4) is 0 Å². The van der Waals surface area contributed by atoms with Crippen molar-refractivity contribution >= 4 is 32.8 Å². The van der Waals surface area contributed by atoms with Gasteiger partial charge in [0.2, 0.25) is 0 Å². The van der Waals surface area contributed by atoms with E-state index in [1.165, 1.54) is 0 Å². The topological polar surface area (TPSA) is 41.5 Å². The third kappa shape index (κ3) is 3.88. The average molecular weight is 319 g/mol. The fraction of sp³-hybridized carbons (Fsp3) is 0.667. The van der Waals surface area contributed by atoms with Crippen molar-refractivity contribution in [2.75, 3.05) is 0 Å². The van der Waals surface area contributed by atoms with Crippen LogP contribution in [0.1, 0.15) is 34.6 Å². The number of halogens is 1. The highest BCUT2D eigenvalue weighted by atomic mass is 79.9. The monoisotopic (exact) mass is 318 g/mol. The lowest BCUT2D eigenvalue weighted by molar-refractivity contribution is 0.613. The van der Waals surface area contributed by atoms with E-state index < -0.39 is 11.0 Å². The largest absolute Gasteiger partial charge is 0.242 e. The van der Waals surface area contributed by atoms with Gasteiger partial charge in [-0.25, -0.2) is 13.9 Å². The summed E-state index contributed by atoms with van der Waals surface area (Å²) >= 11 is 3.47. The van der Waals surface area contributed by atoms with E-state index in [9.17, 15) is 4.21 Å². The Morgan fingerprint density at radius 1 is 1.59 bits per heavy atom. The highest BCUT2D eigenvalue weighted by Gasteiger charge is 2.26. The summed E-state index contributed by atoms with van der Waals surface area (Å²) in [6, 6.07) is -0.00458. The Bertz CT molecular complexity index is 417. The van der Waals surface area contributed by atoms with Gasteiger partial charge in [-0.2, -0.15) is 0 Å². The molecule has 1 aliphatic heterocycles. The van der Waals surface area contributed by atoms with Crippen LogP contribution in [0.4, 0.5) is 0 Å². The summed E-state index contributed by atoms with van der Waals surface area (Å²) in [5, 5.41) is 0. The van der Waals surface area contributed by atoms with Gasteiger partial charge in [-0.05, 0) is 33.6 Å². The van der Waals surface area contributed by atoms with Gasteiger partial charge in [0.15, 0.2) is 0 Å². The fourth-order valence-electron chi connectivity index (χ4n) is 1.40. The van der Waals surface area contributed by atoms with Crippen molar-refractivity contribution in [1.82, 2.24) is 4.72 Å². The zero-order valence-electron chi connectivity index (χ0n) is 10.9. The minimum Gasteiger partial charge on any atom is -0.242 e. The number of hydrogen-bond acceptors (Lipinski definition) is 2. The minimum atomic E-state index is -1.08. The van der Waals surface area contributed by atoms with Crippen molar-refractivity contribution in [3.05, 3.63) is 16.3 Å². The Hall–Kier alpha value is -0.220. The molecule has 0 amide bonds. The van der Waals surface area contributed by atoms with Crippen LogP contribution in [0.5, 0.6) is 0 Å². The van der Waals surface area contributed by atoms with Crippen molar-refractivity contribution in [1.29, 1.82) is 0 Å². The molecule has 96 valence electrons. The Morgan fingerprint density at radius 3 is 2.71 bits per heavy atom.